The SMILES string of the molecule is O=C(NCc1nc(C(=O)O)cs1)Nc1cc(Cl)cc(Cl)c1. The molecule has 2 rings (SSSR count). The van der Waals surface area contributed by atoms with Gasteiger partial charge in [0.25, 0.3) is 0 Å². The lowest BCUT2D eigenvalue weighted by Gasteiger charge is -2.07. The lowest BCUT2D eigenvalue weighted by atomic mass is 10.3. The number of aromatic carboxylic acids is 1. The summed E-state index contributed by atoms with van der Waals surface area (Å²) in [5.41, 5.74) is 0.411. The van der Waals surface area contributed by atoms with Crippen molar-refractivity contribution in [2.45, 2.75) is 6.54 Å². The first-order chi connectivity index (χ1) is 9.94. The van der Waals surface area contributed by atoms with Gasteiger partial charge in [-0.3, -0.25) is 0 Å². The van der Waals surface area contributed by atoms with Crippen LogP contribution in [0.4, 0.5) is 10.5 Å². The van der Waals surface area contributed by atoms with Gasteiger partial charge in [0.15, 0.2) is 5.69 Å². The Morgan fingerprint density at radius 1 is 1.24 bits per heavy atom. The Kier molecular flexibility index (Phi) is 5.00. The quantitative estimate of drug-likeness (QED) is 0.791. The van der Waals surface area contributed by atoms with Crippen molar-refractivity contribution < 1.29 is 14.7 Å². The maximum absolute atomic E-state index is 11.7. The minimum absolute atomic E-state index is 0.0427. The van der Waals surface area contributed by atoms with E-state index in [1.165, 1.54) is 5.38 Å². The summed E-state index contributed by atoms with van der Waals surface area (Å²) >= 11 is 12.8. The second-order valence-corrected chi connectivity index (χ2v) is 5.71. The van der Waals surface area contributed by atoms with Gasteiger partial charge < -0.3 is 15.7 Å². The number of aromatic nitrogens is 1. The van der Waals surface area contributed by atoms with Crippen molar-refractivity contribution >= 4 is 52.2 Å². The number of hydrogen-bond acceptors (Lipinski definition) is 4. The molecule has 2 aromatic rings. The van der Waals surface area contributed by atoms with Crippen LogP contribution in [-0.2, 0) is 6.54 Å². The number of carboxylic acid groups (broad SMARTS) is 1. The Morgan fingerprint density at radius 3 is 2.48 bits per heavy atom. The van der Waals surface area contributed by atoms with Crippen molar-refractivity contribution in [1.82, 2.24) is 10.3 Å². The van der Waals surface area contributed by atoms with Crippen LogP contribution in [0.3, 0.4) is 0 Å². The van der Waals surface area contributed by atoms with Crippen LogP contribution >= 0.6 is 34.5 Å². The zero-order chi connectivity index (χ0) is 15.4. The number of carbonyl (C=O) groups excluding carboxylic acids is 1. The third-order valence-corrected chi connectivity index (χ3v) is 3.58. The lowest BCUT2D eigenvalue weighted by Crippen LogP contribution is -2.28. The van der Waals surface area contributed by atoms with Crippen LogP contribution in [0.15, 0.2) is 23.6 Å². The molecule has 6 nitrogen and oxygen atoms in total. The third kappa shape index (κ3) is 4.59. The van der Waals surface area contributed by atoms with Crippen LogP contribution in [0, 0.1) is 0 Å². The molecule has 0 unspecified atom stereocenters. The minimum atomic E-state index is -1.10. The van der Waals surface area contributed by atoms with Crippen molar-refractivity contribution in [2.24, 2.45) is 0 Å². The number of anilines is 1. The van der Waals surface area contributed by atoms with Gasteiger partial charge in [-0.2, -0.15) is 0 Å². The van der Waals surface area contributed by atoms with Gasteiger partial charge >= 0.3 is 12.0 Å². The number of thiazole rings is 1. The molecule has 0 bridgehead atoms. The van der Waals surface area contributed by atoms with Gasteiger partial charge in [0.05, 0.1) is 6.54 Å². The predicted octanol–water partition coefficient (Wildman–Crippen LogP) is 3.47. The van der Waals surface area contributed by atoms with Gasteiger partial charge in [-0.25, -0.2) is 14.6 Å². The Bertz CT molecular complexity index is 670. The van der Waals surface area contributed by atoms with Gasteiger partial charge in [0, 0.05) is 21.1 Å². The topological polar surface area (TPSA) is 91.3 Å². The monoisotopic (exact) mass is 345 g/mol. The molecule has 9 heteroatoms. The first-order valence-electron chi connectivity index (χ1n) is 5.62. The molecule has 1 aromatic heterocycles. The molecular formula is C12H9Cl2N3O3S. The molecule has 0 saturated carbocycles. The fourth-order valence-electron chi connectivity index (χ4n) is 1.45. The average molecular weight is 346 g/mol. The number of carbonyl (C=O) groups is 2. The minimum Gasteiger partial charge on any atom is -0.476 e. The van der Waals surface area contributed by atoms with E-state index >= 15 is 0 Å². The molecule has 0 fully saturated rings. The maximum atomic E-state index is 11.7. The molecule has 0 spiro atoms. The summed E-state index contributed by atoms with van der Waals surface area (Å²) in [6.45, 7) is 0.123. The van der Waals surface area contributed by atoms with E-state index in [9.17, 15) is 9.59 Å². The summed E-state index contributed by atoms with van der Waals surface area (Å²) in [7, 11) is 0. The highest BCUT2D eigenvalue weighted by Crippen LogP contribution is 2.22. The van der Waals surface area contributed by atoms with Crippen LogP contribution in [0.2, 0.25) is 10.0 Å². The molecule has 0 atom stereocenters. The summed E-state index contributed by atoms with van der Waals surface area (Å²) in [5.74, 6) is -1.10. The van der Waals surface area contributed by atoms with Gasteiger partial charge in [0.2, 0.25) is 0 Å². The number of halogens is 2. The summed E-state index contributed by atoms with van der Waals surface area (Å²) in [6.07, 6.45) is 0. The van der Waals surface area contributed by atoms with Crippen LogP contribution in [-0.4, -0.2) is 22.1 Å². The smallest absolute Gasteiger partial charge is 0.355 e. The molecule has 0 aliphatic carbocycles. The highest BCUT2D eigenvalue weighted by Gasteiger charge is 2.09. The Labute approximate surface area is 133 Å². The Hall–Kier alpha value is -1.83. The van der Waals surface area contributed by atoms with Crippen molar-refractivity contribution in [3.05, 3.63) is 44.3 Å². The van der Waals surface area contributed by atoms with Crippen LogP contribution in [0.5, 0.6) is 0 Å². The summed E-state index contributed by atoms with van der Waals surface area (Å²) in [6, 6.07) is 4.19. The zero-order valence-corrected chi connectivity index (χ0v) is 12.7. The number of urea groups is 1. The van der Waals surface area contributed by atoms with E-state index in [4.69, 9.17) is 28.3 Å². The first kappa shape index (κ1) is 15.6. The number of rotatable bonds is 4. The van der Waals surface area contributed by atoms with Crippen LogP contribution < -0.4 is 10.6 Å². The van der Waals surface area contributed by atoms with Gasteiger partial charge in [0.1, 0.15) is 5.01 Å². The van der Waals surface area contributed by atoms with E-state index in [1.807, 2.05) is 0 Å². The second kappa shape index (κ2) is 6.75. The van der Waals surface area contributed by atoms with E-state index in [0.29, 0.717) is 20.7 Å². The number of carboxylic acids is 1. The van der Waals surface area contributed by atoms with E-state index in [2.05, 4.69) is 15.6 Å². The Balaban J connectivity index is 1.90. The average Bonchev–Trinajstić information content (AvgIpc) is 2.84. The molecule has 0 saturated heterocycles. The standard InChI is InChI=1S/C12H9Cl2N3O3S/c13-6-1-7(14)3-8(2-6)16-12(20)15-4-10-17-9(5-21-10)11(18)19/h1-3,5H,4H2,(H,18,19)(H2,15,16,20). The molecule has 0 radical (unpaired) electrons. The maximum Gasteiger partial charge on any atom is 0.355 e. The lowest BCUT2D eigenvalue weighted by molar-refractivity contribution is 0.0691. The summed E-state index contributed by atoms with van der Waals surface area (Å²) < 4.78 is 0. The number of nitrogens with zero attached hydrogens (tertiary/aromatic N) is 1. The van der Waals surface area contributed by atoms with Crippen molar-refractivity contribution in [3.8, 4) is 0 Å². The second-order valence-electron chi connectivity index (χ2n) is 3.90. The molecule has 3 N–H and O–H groups in total. The van der Waals surface area contributed by atoms with Crippen LogP contribution in [0.1, 0.15) is 15.5 Å². The molecular weight excluding hydrogens is 337 g/mol. The van der Waals surface area contributed by atoms with E-state index in [0.717, 1.165) is 11.3 Å². The largest absolute Gasteiger partial charge is 0.476 e. The molecule has 21 heavy (non-hydrogen) atoms. The number of amides is 2. The molecule has 1 heterocycles. The normalized spacial score (nSPS) is 10.2. The van der Waals surface area contributed by atoms with Gasteiger partial charge in [-0.15, -0.1) is 11.3 Å². The first-order valence-corrected chi connectivity index (χ1v) is 7.26. The fraction of sp³-hybridized carbons (Fsp3) is 0.0833. The zero-order valence-electron chi connectivity index (χ0n) is 10.4. The van der Waals surface area contributed by atoms with E-state index in [-0.39, 0.29) is 12.2 Å². The van der Waals surface area contributed by atoms with Gasteiger partial charge in [-0.1, -0.05) is 23.2 Å². The number of benzene rings is 1. The van der Waals surface area contributed by atoms with Crippen molar-refractivity contribution in [1.29, 1.82) is 0 Å². The molecule has 2 amide bonds. The summed E-state index contributed by atoms with van der Waals surface area (Å²) in [5, 5.41) is 16.6. The number of hydrogen-bond donors (Lipinski definition) is 3. The van der Waals surface area contributed by atoms with Crippen molar-refractivity contribution in [3.63, 3.8) is 0 Å². The van der Waals surface area contributed by atoms with E-state index < -0.39 is 12.0 Å². The third-order valence-electron chi connectivity index (χ3n) is 2.29. The number of nitrogens with one attached hydrogen (secondary N) is 2. The highest BCUT2D eigenvalue weighted by atomic mass is 35.5. The van der Waals surface area contributed by atoms with E-state index in [1.54, 1.807) is 18.2 Å². The molecule has 110 valence electrons. The van der Waals surface area contributed by atoms with Gasteiger partial charge in [-0.05, 0) is 18.2 Å². The summed E-state index contributed by atoms with van der Waals surface area (Å²) in [4.78, 5) is 26.2. The Morgan fingerprint density at radius 2 is 1.90 bits per heavy atom. The fourth-order valence-corrected chi connectivity index (χ4v) is 2.68. The van der Waals surface area contributed by atoms with Crippen molar-refractivity contribution in [2.75, 3.05) is 5.32 Å². The molecule has 0 aliphatic rings. The predicted molar refractivity (Wildman–Crippen MR) is 81.4 cm³/mol. The van der Waals surface area contributed by atoms with Crippen LogP contribution in [0.25, 0.3) is 0 Å². The molecule has 1 aromatic carbocycles. The highest BCUT2D eigenvalue weighted by molar-refractivity contribution is 7.09. The molecule has 0 aliphatic heterocycles.